The molecular weight excluding hydrogens is 374 g/mol. The monoisotopic (exact) mass is 395 g/mol. The van der Waals surface area contributed by atoms with Crippen molar-refractivity contribution in [1.29, 1.82) is 0 Å². The van der Waals surface area contributed by atoms with Gasteiger partial charge in [0, 0.05) is 12.2 Å². The number of aliphatic imine (C=N–C) groups is 1. The number of phenolic OH excluding ortho intramolecular Hbond substituents is 2. The number of hydrogen-bond acceptors (Lipinski definition) is 6. The van der Waals surface area contributed by atoms with Gasteiger partial charge in [-0.2, -0.15) is 0 Å². The number of aromatic hydroxyl groups is 2. The number of carbonyl (C=O) groups is 1. The van der Waals surface area contributed by atoms with Crippen LogP contribution in [0.25, 0.3) is 6.08 Å². The molecule has 2 fully saturated rings. The molecule has 0 bridgehead atoms. The number of phenols is 2. The molecule has 144 valence electrons. The maximum absolute atomic E-state index is 13.2. The topological polar surface area (TPSA) is 86.0 Å². The summed E-state index contributed by atoms with van der Waals surface area (Å²) in [4.78, 5) is 24.4. The number of thioether (sulfide) groups is 1. The van der Waals surface area contributed by atoms with Gasteiger partial charge in [0.15, 0.2) is 22.5 Å². The minimum Gasteiger partial charge on any atom is -0.504 e. The summed E-state index contributed by atoms with van der Waals surface area (Å²) in [5.41, 5.74) is 0.647. The molecule has 2 N–H and O–H groups in total. The molecule has 28 heavy (non-hydrogen) atoms. The molecule has 0 unspecified atom stereocenters. The van der Waals surface area contributed by atoms with E-state index < -0.39 is 0 Å². The zero-order valence-corrected chi connectivity index (χ0v) is 16.1. The molecule has 2 heterocycles. The van der Waals surface area contributed by atoms with Gasteiger partial charge in [-0.1, -0.05) is 31.4 Å². The third-order valence-corrected chi connectivity index (χ3v) is 5.92. The fourth-order valence-corrected chi connectivity index (χ4v) is 4.57. The lowest BCUT2D eigenvalue weighted by atomic mass is 9.94. The molecule has 1 aliphatic carbocycles. The van der Waals surface area contributed by atoms with Crippen LogP contribution >= 0.6 is 11.8 Å². The summed E-state index contributed by atoms with van der Waals surface area (Å²) in [6.07, 6.45) is 8.78. The highest BCUT2D eigenvalue weighted by Crippen LogP contribution is 2.38. The van der Waals surface area contributed by atoms with Crippen LogP contribution in [0.1, 0.15) is 37.7 Å². The molecule has 1 aromatic heterocycles. The van der Waals surface area contributed by atoms with Crippen LogP contribution in [0, 0.1) is 0 Å². The summed E-state index contributed by atoms with van der Waals surface area (Å²) in [6, 6.07) is 10.2. The lowest BCUT2D eigenvalue weighted by Crippen LogP contribution is -2.40. The van der Waals surface area contributed by atoms with E-state index in [9.17, 15) is 15.0 Å². The first-order valence-corrected chi connectivity index (χ1v) is 10.2. The number of pyridine rings is 1. The standard InChI is InChI=1S/C21H21N3O3S/c25-16-10-9-14(12-17(16)26)13-18-20(27)24(15-6-2-1-3-7-15)21(28-18)23-19-8-4-5-11-22-19/h4-5,8-13,15,25-26H,1-3,6-7H2/b18-13-,23-21+. The normalized spacial score (nSPS) is 21.0. The minimum absolute atomic E-state index is 0.0702. The van der Waals surface area contributed by atoms with Crippen molar-refractivity contribution in [2.75, 3.05) is 0 Å². The molecule has 2 aromatic rings. The summed E-state index contributed by atoms with van der Waals surface area (Å²) >= 11 is 1.32. The fraction of sp³-hybridized carbons (Fsp3) is 0.286. The van der Waals surface area contributed by atoms with Crippen molar-refractivity contribution in [2.45, 2.75) is 38.1 Å². The Balaban J connectivity index is 1.69. The number of nitrogens with zero attached hydrogens (tertiary/aromatic N) is 3. The smallest absolute Gasteiger partial charge is 0.267 e. The SMILES string of the molecule is O=C1/C(=C/c2ccc(O)c(O)c2)S/C(=N/c2ccccn2)N1C1CCCCC1. The van der Waals surface area contributed by atoms with Gasteiger partial charge in [0.25, 0.3) is 5.91 Å². The van der Waals surface area contributed by atoms with E-state index in [-0.39, 0.29) is 23.4 Å². The van der Waals surface area contributed by atoms with E-state index in [4.69, 9.17) is 0 Å². The van der Waals surface area contributed by atoms with E-state index in [0.717, 1.165) is 25.7 Å². The van der Waals surface area contributed by atoms with Crippen LogP contribution in [0.15, 0.2) is 52.5 Å². The summed E-state index contributed by atoms with van der Waals surface area (Å²) < 4.78 is 0. The predicted molar refractivity (Wildman–Crippen MR) is 110 cm³/mol. The first-order chi connectivity index (χ1) is 13.6. The van der Waals surface area contributed by atoms with Gasteiger partial charge in [0.05, 0.1) is 4.91 Å². The Morgan fingerprint density at radius 3 is 2.64 bits per heavy atom. The Morgan fingerprint density at radius 2 is 1.93 bits per heavy atom. The summed E-state index contributed by atoms with van der Waals surface area (Å²) in [5.74, 6) is 0.103. The summed E-state index contributed by atoms with van der Waals surface area (Å²) in [5, 5.41) is 19.9. The number of benzene rings is 1. The fourth-order valence-electron chi connectivity index (χ4n) is 3.53. The van der Waals surface area contributed by atoms with Crippen LogP contribution in [-0.4, -0.2) is 37.2 Å². The maximum atomic E-state index is 13.2. The third kappa shape index (κ3) is 3.89. The average Bonchev–Trinajstić information content (AvgIpc) is 3.01. The number of hydrogen-bond donors (Lipinski definition) is 2. The van der Waals surface area contributed by atoms with E-state index in [1.807, 2.05) is 23.1 Å². The van der Waals surface area contributed by atoms with Crippen LogP contribution < -0.4 is 0 Å². The maximum Gasteiger partial charge on any atom is 0.267 e. The third-order valence-electron chi connectivity index (χ3n) is 4.93. The van der Waals surface area contributed by atoms with Crippen molar-refractivity contribution in [2.24, 2.45) is 4.99 Å². The predicted octanol–water partition coefficient (Wildman–Crippen LogP) is 4.43. The molecule has 1 saturated carbocycles. The lowest BCUT2D eigenvalue weighted by Gasteiger charge is -2.30. The first kappa shape index (κ1) is 18.6. The molecule has 1 amide bonds. The minimum atomic E-state index is -0.212. The van der Waals surface area contributed by atoms with Gasteiger partial charge in [-0.15, -0.1) is 0 Å². The molecule has 7 heteroatoms. The van der Waals surface area contributed by atoms with E-state index in [1.54, 1.807) is 18.3 Å². The van der Waals surface area contributed by atoms with Crippen molar-refractivity contribution in [3.05, 3.63) is 53.1 Å². The summed E-state index contributed by atoms with van der Waals surface area (Å²) in [6.45, 7) is 0. The molecule has 1 aliphatic heterocycles. The van der Waals surface area contributed by atoms with Gasteiger partial charge in [0.2, 0.25) is 0 Å². The highest BCUT2D eigenvalue weighted by Gasteiger charge is 2.38. The second-order valence-corrected chi connectivity index (χ2v) is 7.92. The van der Waals surface area contributed by atoms with E-state index >= 15 is 0 Å². The number of rotatable bonds is 3. The highest BCUT2D eigenvalue weighted by molar-refractivity contribution is 8.18. The molecule has 1 saturated heterocycles. The van der Waals surface area contributed by atoms with Crippen LogP contribution in [-0.2, 0) is 4.79 Å². The molecule has 1 aromatic carbocycles. The first-order valence-electron chi connectivity index (χ1n) is 9.36. The zero-order chi connectivity index (χ0) is 19.5. The second-order valence-electron chi connectivity index (χ2n) is 6.91. The quantitative estimate of drug-likeness (QED) is 0.593. The molecule has 0 radical (unpaired) electrons. The lowest BCUT2D eigenvalue weighted by molar-refractivity contribution is -0.124. The molecular formula is C21H21N3O3S. The molecule has 2 aliphatic rings. The van der Waals surface area contributed by atoms with Gasteiger partial charge < -0.3 is 10.2 Å². The van der Waals surface area contributed by atoms with Gasteiger partial charge in [-0.3, -0.25) is 9.69 Å². The highest BCUT2D eigenvalue weighted by atomic mass is 32.2. The molecule has 0 atom stereocenters. The number of aromatic nitrogens is 1. The van der Waals surface area contributed by atoms with Crippen molar-refractivity contribution in [1.82, 2.24) is 9.88 Å². The van der Waals surface area contributed by atoms with E-state index in [1.165, 1.54) is 30.3 Å². The van der Waals surface area contributed by atoms with Crippen molar-refractivity contribution < 1.29 is 15.0 Å². The van der Waals surface area contributed by atoms with Crippen LogP contribution in [0.5, 0.6) is 11.5 Å². The summed E-state index contributed by atoms with van der Waals surface area (Å²) in [7, 11) is 0. The Morgan fingerprint density at radius 1 is 1.11 bits per heavy atom. The van der Waals surface area contributed by atoms with Gasteiger partial charge >= 0.3 is 0 Å². The van der Waals surface area contributed by atoms with Gasteiger partial charge in [-0.05, 0) is 60.5 Å². The van der Waals surface area contributed by atoms with Gasteiger partial charge in [-0.25, -0.2) is 9.98 Å². The Hall–Kier alpha value is -2.80. The van der Waals surface area contributed by atoms with Crippen molar-refractivity contribution in [3.63, 3.8) is 0 Å². The Labute approximate surface area is 167 Å². The largest absolute Gasteiger partial charge is 0.504 e. The van der Waals surface area contributed by atoms with Crippen molar-refractivity contribution in [3.8, 4) is 11.5 Å². The number of carbonyl (C=O) groups excluding carboxylic acids is 1. The number of amidine groups is 1. The van der Waals surface area contributed by atoms with E-state index in [2.05, 4.69) is 9.98 Å². The van der Waals surface area contributed by atoms with Crippen LogP contribution in [0.3, 0.4) is 0 Å². The van der Waals surface area contributed by atoms with Crippen molar-refractivity contribution >= 4 is 34.7 Å². The average molecular weight is 395 g/mol. The van der Waals surface area contributed by atoms with Crippen LogP contribution in [0.4, 0.5) is 5.82 Å². The van der Waals surface area contributed by atoms with Crippen LogP contribution in [0.2, 0.25) is 0 Å². The second kappa shape index (κ2) is 8.06. The molecule has 4 rings (SSSR count). The Kier molecular flexibility index (Phi) is 5.34. The number of amides is 1. The Bertz CT molecular complexity index is 937. The molecule has 0 spiro atoms. The molecule has 6 nitrogen and oxygen atoms in total. The van der Waals surface area contributed by atoms with Gasteiger partial charge in [0.1, 0.15) is 0 Å². The van der Waals surface area contributed by atoms with E-state index in [0.29, 0.717) is 21.5 Å². The zero-order valence-electron chi connectivity index (χ0n) is 15.3.